The van der Waals surface area contributed by atoms with Crippen molar-refractivity contribution in [1.29, 1.82) is 0 Å². The Kier molecular flexibility index (Phi) is 3.65. The SMILES string of the molecule is Cc1cccc2sc(N(C)CCc3ccccn3)nc12. The largest absolute Gasteiger partial charge is 0.351 e. The molecule has 0 amide bonds. The molecule has 0 atom stereocenters. The lowest BCUT2D eigenvalue weighted by Crippen LogP contribution is -2.20. The van der Waals surface area contributed by atoms with E-state index in [2.05, 4.69) is 48.1 Å². The smallest absolute Gasteiger partial charge is 0.186 e. The van der Waals surface area contributed by atoms with Crippen LogP contribution < -0.4 is 4.90 Å². The second kappa shape index (κ2) is 5.59. The van der Waals surface area contributed by atoms with Crippen LogP contribution in [0.2, 0.25) is 0 Å². The number of fused-ring (bicyclic) bond motifs is 1. The minimum Gasteiger partial charge on any atom is -0.351 e. The van der Waals surface area contributed by atoms with Gasteiger partial charge in [-0.25, -0.2) is 4.98 Å². The molecule has 20 heavy (non-hydrogen) atoms. The Hall–Kier alpha value is -1.94. The first-order valence-corrected chi connectivity index (χ1v) is 7.53. The van der Waals surface area contributed by atoms with E-state index >= 15 is 0 Å². The first-order valence-electron chi connectivity index (χ1n) is 6.71. The van der Waals surface area contributed by atoms with Crippen LogP contribution in [0.25, 0.3) is 10.2 Å². The average Bonchev–Trinajstić information content (AvgIpc) is 2.91. The van der Waals surface area contributed by atoms with E-state index in [4.69, 9.17) is 4.98 Å². The van der Waals surface area contributed by atoms with Gasteiger partial charge in [0.1, 0.15) is 0 Å². The molecule has 0 saturated heterocycles. The Morgan fingerprint density at radius 3 is 2.80 bits per heavy atom. The van der Waals surface area contributed by atoms with Crippen LogP contribution >= 0.6 is 11.3 Å². The van der Waals surface area contributed by atoms with E-state index in [9.17, 15) is 0 Å². The average molecular weight is 283 g/mol. The van der Waals surface area contributed by atoms with Gasteiger partial charge in [0.15, 0.2) is 5.13 Å². The van der Waals surface area contributed by atoms with Crippen LogP contribution in [0.1, 0.15) is 11.3 Å². The van der Waals surface area contributed by atoms with Gasteiger partial charge in [0, 0.05) is 31.9 Å². The quantitative estimate of drug-likeness (QED) is 0.731. The summed E-state index contributed by atoms with van der Waals surface area (Å²) in [5, 5.41) is 1.07. The number of anilines is 1. The van der Waals surface area contributed by atoms with Crippen molar-refractivity contribution in [2.24, 2.45) is 0 Å². The molecule has 4 heteroatoms. The molecule has 0 saturated carbocycles. The van der Waals surface area contributed by atoms with Crippen molar-refractivity contribution in [3.8, 4) is 0 Å². The van der Waals surface area contributed by atoms with E-state index < -0.39 is 0 Å². The van der Waals surface area contributed by atoms with Crippen LogP contribution in [0.15, 0.2) is 42.6 Å². The molecular formula is C16H17N3S. The Balaban J connectivity index is 1.75. The number of thiazole rings is 1. The number of hydrogen-bond donors (Lipinski definition) is 0. The van der Waals surface area contributed by atoms with Crippen molar-refractivity contribution in [3.05, 3.63) is 53.9 Å². The molecule has 3 aromatic rings. The molecule has 0 aliphatic carbocycles. The zero-order valence-corrected chi connectivity index (χ0v) is 12.5. The minimum absolute atomic E-state index is 0.926. The number of rotatable bonds is 4. The number of aromatic nitrogens is 2. The number of para-hydroxylation sites is 1. The van der Waals surface area contributed by atoms with Gasteiger partial charge in [-0.15, -0.1) is 0 Å². The molecule has 2 aromatic heterocycles. The highest BCUT2D eigenvalue weighted by Gasteiger charge is 2.09. The first kappa shape index (κ1) is 13.1. The monoisotopic (exact) mass is 283 g/mol. The number of hydrogen-bond acceptors (Lipinski definition) is 4. The highest BCUT2D eigenvalue weighted by molar-refractivity contribution is 7.22. The van der Waals surface area contributed by atoms with Crippen molar-refractivity contribution >= 4 is 26.7 Å². The molecule has 3 rings (SSSR count). The van der Waals surface area contributed by atoms with Gasteiger partial charge in [0.05, 0.1) is 10.2 Å². The predicted molar refractivity (Wildman–Crippen MR) is 85.6 cm³/mol. The van der Waals surface area contributed by atoms with E-state index in [-0.39, 0.29) is 0 Å². The maximum Gasteiger partial charge on any atom is 0.186 e. The summed E-state index contributed by atoms with van der Waals surface area (Å²) in [4.78, 5) is 11.3. The van der Waals surface area contributed by atoms with Crippen LogP contribution in [-0.4, -0.2) is 23.6 Å². The number of aryl methyl sites for hydroxylation is 1. The van der Waals surface area contributed by atoms with Gasteiger partial charge < -0.3 is 4.90 Å². The second-order valence-corrected chi connectivity index (χ2v) is 5.92. The minimum atomic E-state index is 0.926. The zero-order valence-electron chi connectivity index (χ0n) is 11.7. The maximum absolute atomic E-state index is 4.75. The van der Waals surface area contributed by atoms with Gasteiger partial charge in [-0.05, 0) is 30.7 Å². The zero-order chi connectivity index (χ0) is 13.9. The third-order valence-electron chi connectivity index (χ3n) is 3.37. The Morgan fingerprint density at radius 1 is 1.15 bits per heavy atom. The van der Waals surface area contributed by atoms with Crippen LogP contribution in [0.5, 0.6) is 0 Å². The number of nitrogens with zero attached hydrogens (tertiary/aromatic N) is 3. The second-order valence-electron chi connectivity index (χ2n) is 4.91. The summed E-state index contributed by atoms with van der Waals surface area (Å²) in [7, 11) is 2.09. The number of benzene rings is 1. The van der Waals surface area contributed by atoms with Gasteiger partial charge in [-0.2, -0.15) is 0 Å². The number of pyridine rings is 1. The standard InChI is InChI=1S/C16H17N3S/c1-12-6-5-8-14-15(12)18-16(20-14)19(2)11-9-13-7-3-4-10-17-13/h3-8,10H,9,11H2,1-2H3. The van der Waals surface area contributed by atoms with Crippen molar-refractivity contribution in [1.82, 2.24) is 9.97 Å². The summed E-state index contributed by atoms with van der Waals surface area (Å²) in [5.41, 5.74) is 3.48. The Morgan fingerprint density at radius 2 is 2.05 bits per heavy atom. The normalized spacial score (nSPS) is 10.9. The van der Waals surface area contributed by atoms with Gasteiger partial charge in [0.2, 0.25) is 0 Å². The molecule has 102 valence electrons. The van der Waals surface area contributed by atoms with Crippen LogP contribution in [0, 0.1) is 6.92 Å². The summed E-state index contributed by atoms with van der Waals surface area (Å²) in [6, 6.07) is 12.4. The van der Waals surface area contributed by atoms with Crippen molar-refractivity contribution in [3.63, 3.8) is 0 Å². The van der Waals surface area contributed by atoms with Crippen molar-refractivity contribution in [2.45, 2.75) is 13.3 Å². The van der Waals surface area contributed by atoms with Crippen molar-refractivity contribution < 1.29 is 0 Å². The lowest BCUT2D eigenvalue weighted by Gasteiger charge is -2.14. The van der Waals surface area contributed by atoms with E-state index in [1.807, 2.05) is 18.3 Å². The third-order valence-corrected chi connectivity index (χ3v) is 4.50. The molecule has 1 aromatic carbocycles. The first-order chi connectivity index (χ1) is 9.74. The molecule has 0 spiro atoms. The molecule has 0 aliphatic rings. The molecule has 0 fully saturated rings. The van der Waals surface area contributed by atoms with E-state index in [0.29, 0.717) is 0 Å². The molecule has 0 unspecified atom stereocenters. The molecule has 0 bridgehead atoms. The van der Waals surface area contributed by atoms with Crippen molar-refractivity contribution in [2.75, 3.05) is 18.5 Å². The van der Waals surface area contributed by atoms with Gasteiger partial charge >= 0.3 is 0 Å². The number of likely N-dealkylation sites (N-methyl/N-ethyl adjacent to an activating group) is 1. The van der Waals surface area contributed by atoms with Gasteiger partial charge in [-0.1, -0.05) is 29.5 Å². The summed E-state index contributed by atoms with van der Waals surface area (Å²) < 4.78 is 1.25. The summed E-state index contributed by atoms with van der Waals surface area (Å²) in [5.74, 6) is 0. The highest BCUT2D eigenvalue weighted by Crippen LogP contribution is 2.29. The molecule has 0 radical (unpaired) electrons. The topological polar surface area (TPSA) is 29.0 Å². The lowest BCUT2D eigenvalue weighted by atomic mass is 10.2. The maximum atomic E-state index is 4.75. The molecule has 3 nitrogen and oxygen atoms in total. The van der Waals surface area contributed by atoms with Crippen LogP contribution in [0.4, 0.5) is 5.13 Å². The van der Waals surface area contributed by atoms with Gasteiger partial charge in [-0.3, -0.25) is 4.98 Å². The molecule has 0 N–H and O–H groups in total. The Labute approximate surface area is 122 Å². The molecule has 2 heterocycles. The lowest BCUT2D eigenvalue weighted by molar-refractivity contribution is 0.849. The summed E-state index contributed by atoms with van der Waals surface area (Å²) in [6.45, 7) is 3.04. The fourth-order valence-electron chi connectivity index (χ4n) is 2.16. The summed E-state index contributed by atoms with van der Waals surface area (Å²) in [6.07, 6.45) is 2.78. The fourth-order valence-corrected chi connectivity index (χ4v) is 3.19. The molecular weight excluding hydrogens is 266 g/mol. The van der Waals surface area contributed by atoms with Gasteiger partial charge in [0.25, 0.3) is 0 Å². The van der Waals surface area contributed by atoms with Crippen LogP contribution in [0.3, 0.4) is 0 Å². The fraction of sp³-hybridized carbons (Fsp3) is 0.250. The van der Waals surface area contributed by atoms with E-state index in [1.165, 1.54) is 10.3 Å². The predicted octanol–water partition coefficient (Wildman–Crippen LogP) is 3.68. The van der Waals surface area contributed by atoms with Crippen LogP contribution in [-0.2, 0) is 6.42 Å². The summed E-state index contributed by atoms with van der Waals surface area (Å²) >= 11 is 1.75. The Bertz CT molecular complexity index is 706. The third kappa shape index (κ3) is 2.65. The highest BCUT2D eigenvalue weighted by atomic mass is 32.1. The van der Waals surface area contributed by atoms with E-state index in [0.717, 1.165) is 29.3 Å². The molecule has 0 aliphatic heterocycles. The van der Waals surface area contributed by atoms with E-state index in [1.54, 1.807) is 11.3 Å².